The first-order chi connectivity index (χ1) is 5.29. The summed E-state index contributed by atoms with van der Waals surface area (Å²) in [5.41, 5.74) is 1.93. The fourth-order valence-corrected chi connectivity index (χ4v) is 1.27. The van der Waals surface area contributed by atoms with Crippen LogP contribution in [0.1, 0.15) is 5.56 Å². The van der Waals surface area contributed by atoms with Crippen LogP contribution in [0.25, 0.3) is 10.9 Å². The van der Waals surface area contributed by atoms with Crippen LogP contribution in [0, 0.1) is 6.92 Å². The molecule has 0 radical (unpaired) electrons. The summed E-state index contributed by atoms with van der Waals surface area (Å²) in [6.45, 7) is 1.90. The molecule has 0 atom stereocenters. The summed E-state index contributed by atoms with van der Waals surface area (Å²) in [7, 11) is 0. The van der Waals surface area contributed by atoms with E-state index in [9.17, 15) is 5.11 Å². The predicted octanol–water partition coefficient (Wildman–Crippen LogP) is 2.18. The van der Waals surface area contributed by atoms with Crippen LogP contribution in [0.3, 0.4) is 0 Å². The summed E-state index contributed by atoms with van der Waals surface area (Å²) in [5.74, 6) is 0.347. The van der Waals surface area contributed by atoms with Crippen LogP contribution in [-0.2, 0) is 0 Å². The van der Waals surface area contributed by atoms with Crippen LogP contribution < -0.4 is 0 Å². The first-order valence-electron chi connectivity index (χ1n) is 3.54. The highest BCUT2D eigenvalue weighted by Gasteiger charge is 2.00. The van der Waals surface area contributed by atoms with E-state index in [2.05, 4.69) is 4.98 Å². The number of rotatable bonds is 0. The molecule has 1 aromatic heterocycles. The lowest BCUT2D eigenvalue weighted by Crippen LogP contribution is -1.76. The molecule has 0 fully saturated rings. The van der Waals surface area contributed by atoms with E-state index in [-0.39, 0.29) is 0 Å². The van der Waals surface area contributed by atoms with Crippen LogP contribution in [-0.4, -0.2) is 10.1 Å². The van der Waals surface area contributed by atoms with Gasteiger partial charge in [-0.1, -0.05) is 0 Å². The van der Waals surface area contributed by atoms with Crippen molar-refractivity contribution in [3.63, 3.8) is 0 Å². The van der Waals surface area contributed by atoms with Gasteiger partial charge in [0.25, 0.3) is 0 Å². The van der Waals surface area contributed by atoms with E-state index < -0.39 is 0 Å². The smallest absolute Gasteiger partial charge is 0.120 e. The third kappa shape index (κ3) is 0.792. The van der Waals surface area contributed by atoms with Gasteiger partial charge < -0.3 is 10.1 Å². The topological polar surface area (TPSA) is 36.0 Å². The van der Waals surface area contributed by atoms with E-state index in [1.54, 1.807) is 6.07 Å². The van der Waals surface area contributed by atoms with E-state index in [4.69, 9.17) is 0 Å². The van der Waals surface area contributed by atoms with Gasteiger partial charge in [-0.2, -0.15) is 0 Å². The molecule has 0 saturated carbocycles. The highest BCUT2D eigenvalue weighted by Crippen LogP contribution is 2.24. The van der Waals surface area contributed by atoms with Gasteiger partial charge in [-0.3, -0.25) is 0 Å². The number of nitrogens with one attached hydrogen (secondary N) is 1. The highest BCUT2D eigenvalue weighted by atomic mass is 16.3. The number of hydrogen-bond donors (Lipinski definition) is 2. The maximum atomic E-state index is 9.32. The number of hydrogen-bond acceptors (Lipinski definition) is 1. The number of H-pyrrole nitrogens is 1. The van der Waals surface area contributed by atoms with E-state index in [0.29, 0.717) is 5.75 Å². The third-order valence-electron chi connectivity index (χ3n) is 1.96. The minimum absolute atomic E-state index is 0.347. The Kier molecular flexibility index (Phi) is 1.15. The normalized spacial score (nSPS) is 10.6. The largest absolute Gasteiger partial charge is 0.508 e. The lowest BCUT2D eigenvalue weighted by atomic mass is 10.1. The average molecular weight is 147 g/mol. The molecule has 0 amide bonds. The lowest BCUT2D eigenvalue weighted by molar-refractivity contribution is 0.472. The fraction of sp³-hybridized carbons (Fsp3) is 0.111. The molecule has 0 bridgehead atoms. The zero-order valence-corrected chi connectivity index (χ0v) is 6.26. The van der Waals surface area contributed by atoms with Crippen LogP contribution in [0.4, 0.5) is 0 Å². The molecule has 1 heterocycles. The summed E-state index contributed by atoms with van der Waals surface area (Å²) in [6, 6.07) is 5.60. The van der Waals surface area contributed by atoms with Crippen LogP contribution in [0.2, 0.25) is 0 Å². The number of aryl methyl sites for hydroxylation is 1. The van der Waals surface area contributed by atoms with Crippen LogP contribution in [0.15, 0.2) is 24.4 Å². The van der Waals surface area contributed by atoms with Gasteiger partial charge in [0.2, 0.25) is 0 Å². The Hall–Kier alpha value is -1.44. The van der Waals surface area contributed by atoms with Crippen molar-refractivity contribution >= 4 is 10.9 Å². The first-order valence-corrected chi connectivity index (χ1v) is 3.54. The van der Waals surface area contributed by atoms with E-state index in [1.807, 2.05) is 25.3 Å². The summed E-state index contributed by atoms with van der Waals surface area (Å²) in [4.78, 5) is 3.07. The predicted molar refractivity (Wildman–Crippen MR) is 44.7 cm³/mol. The second-order valence-corrected chi connectivity index (χ2v) is 2.65. The van der Waals surface area contributed by atoms with Crippen molar-refractivity contribution < 1.29 is 5.11 Å². The molecule has 2 aromatic rings. The van der Waals surface area contributed by atoms with Crippen molar-refractivity contribution in [3.8, 4) is 5.75 Å². The highest BCUT2D eigenvalue weighted by molar-refractivity contribution is 5.84. The summed E-state index contributed by atoms with van der Waals surface area (Å²) < 4.78 is 0. The van der Waals surface area contributed by atoms with E-state index in [1.165, 1.54) is 0 Å². The molecule has 0 unspecified atom stereocenters. The Balaban J connectivity index is 2.93. The average Bonchev–Trinajstić information content (AvgIpc) is 2.45. The minimum atomic E-state index is 0.347. The van der Waals surface area contributed by atoms with Gasteiger partial charge in [-0.05, 0) is 30.5 Å². The zero-order chi connectivity index (χ0) is 7.84. The van der Waals surface area contributed by atoms with Crippen molar-refractivity contribution in [1.82, 2.24) is 4.98 Å². The van der Waals surface area contributed by atoms with Gasteiger partial charge in [-0.15, -0.1) is 0 Å². The lowest BCUT2D eigenvalue weighted by Gasteiger charge is -1.98. The molecule has 56 valence electrons. The van der Waals surface area contributed by atoms with Crippen molar-refractivity contribution in [2.24, 2.45) is 0 Å². The molecule has 0 aliphatic rings. The zero-order valence-electron chi connectivity index (χ0n) is 6.26. The molecular weight excluding hydrogens is 138 g/mol. The second-order valence-electron chi connectivity index (χ2n) is 2.65. The second kappa shape index (κ2) is 2.02. The fourth-order valence-electron chi connectivity index (χ4n) is 1.27. The number of fused-ring (bicyclic) bond motifs is 1. The Bertz CT molecular complexity index is 389. The molecule has 0 spiro atoms. The van der Waals surface area contributed by atoms with Crippen molar-refractivity contribution in [3.05, 3.63) is 30.0 Å². The molecule has 0 aliphatic heterocycles. The first kappa shape index (κ1) is 6.28. The third-order valence-corrected chi connectivity index (χ3v) is 1.96. The number of aromatic nitrogens is 1. The van der Waals surface area contributed by atoms with Gasteiger partial charge in [0.15, 0.2) is 0 Å². The maximum absolute atomic E-state index is 9.32. The van der Waals surface area contributed by atoms with Gasteiger partial charge in [-0.25, -0.2) is 0 Å². The Morgan fingerprint density at radius 3 is 2.91 bits per heavy atom. The van der Waals surface area contributed by atoms with E-state index in [0.717, 1.165) is 16.5 Å². The quantitative estimate of drug-likeness (QED) is 0.588. The van der Waals surface area contributed by atoms with Crippen molar-refractivity contribution in [1.29, 1.82) is 0 Å². The molecule has 0 saturated heterocycles. The molecule has 0 aliphatic carbocycles. The molecular formula is C9H9NO. The Labute approximate surface area is 64.5 Å². The number of phenolic OH excluding ortho intramolecular Hbond substituents is 1. The van der Waals surface area contributed by atoms with E-state index >= 15 is 0 Å². The summed E-state index contributed by atoms with van der Waals surface area (Å²) in [6.07, 6.45) is 1.87. The monoisotopic (exact) mass is 147 g/mol. The molecule has 2 heteroatoms. The maximum Gasteiger partial charge on any atom is 0.120 e. The number of benzene rings is 1. The van der Waals surface area contributed by atoms with Crippen LogP contribution >= 0.6 is 0 Å². The number of aromatic hydroxyl groups is 1. The Morgan fingerprint density at radius 2 is 2.09 bits per heavy atom. The van der Waals surface area contributed by atoms with Gasteiger partial charge >= 0.3 is 0 Å². The van der Waals surface area contributed by atoms with Crippen LogP contribution in [0.5, 0.6) is 5.75 Å². The van der Waals surface area contributed by atoms with Gasteiger partial charge in [0.1, 0.15) is 5.75 Å². The molecule has 2 N–H and O–H groups in total. The Morgan fingerprint density at radius 1 is 1.27 bits per heavy atom. The SMILES string of the molecule is Cc1c(O)ccc2cc[nH]c12. The standard InChI is InChI=1S/C9H9NO/c1-6-8(11)3-2-7-4-5-10-9(6)7/h2-5,10-11H,1H3. The van der Waals surface area contributed by atoms with Crippen molar-refractivity contribution in [2.45, 2.75) is 6.92 Å². The van der Waals surface area contributed by atoms with Crippen molar-refractivity contribution in [2.75, 3.05) is 0 Å². The summed E-state index contributed by atoms with van der Waals surface area (Å²) >= 11 is 0. The number of aromatic amines is 1. The number of phenols is 1. The summed E-state index contributed by atoms with van der Waals surface area (Å²) in [5, 5.41) is 10.5. The van der Waals surface area contributed by atoms with Gasteiger partial charge in [0.05, 0.1) is 5.52 Å². The minimum Gasteiger partial charge on any atom is -0.508 e. The molecule has 2 rings (SSSR count). The van der Waals surface area contributed by atoms with Gasteiger partial charge in [0, 0.05) is 11.8 Å². The molecule has 11 heavy (non-hydrogen) atoms. The molecule has 2 nitrogen and oxygen atoms in total. The molecule has 1 aromatic carbocycles.